The van der Waals surface area contributed by atoms with Crippen molar-refractivity contribution in [1.82, 2.24) is 10.2 Å². The minimum absolute atomic E-state index is 0.102. The number of rotatable bonds is 3. The maximum absolute atomic E-state index is 12.1. The first-order valence-electron chi connectivity index (χ1n) is 6.32. The zero-order chi connectivity index (χ0) is 12.4. The van der Waals surface area contributed by atoms with Crippen LogP contribution in [0.4, 0.5) is 0 Å². The van der Waals surface area contributed by atoms with Crippen LogP contribution < -0.4 is 5.32 Å². The second-order valence-electron chi connectivity index (χ2n) is 5.17. The van der Waals surface area contributed by atoms with Gasteiger partial charge in [-0.2, -0.15) is 0 Å². The summed E-state index contributed by atoms with van der Waals surface area (Å²) in [5.74, 6) is -0.672. The summed E-state index contributed by atoms with van der Waals surface area (Å²) in [6.07, 6.45) is 2.01. The molecule has 2 heterocycles. The van der Waals surface area contributed by atoms with E-state index in [0.717, 1.165) is 25.9 Å². The van der Waals surface area contributed by atoms with Gasteiger partial charge < -0.3 is 15.3 Å². The highest BCUT2D eigenvalue weighted by Gasteiger charge is 2.39. The summed E-state index contributed by atoms with van der Waals surface area (Å²) in [5, 5.41) is 12.1. The molecule has 2 unspecified atom stereocenters. The fraction of sp³-hybridized carbons (Fsp3) is 0.833. The van der Waals surface area contributed by atoms with Crippen LogP contribution in [0.5, 0.6) is 0 Å². The van der Waals surface area contributed by atoms with E-state index in [1.807, 2.05) is 4.90 Å². The van der Waals surface area contributed by atoms with E-state index in [9.17, 15) is 9.59 Å². The molecule has 0 spiro atoms. The molecule has 0 bridgehead atoms. The zero-order valence-corrected chi connectivity index (χ0v) is 10.2. The fourth-order valence-electron chi connectivity index (χ4n) is 2.53. The predicted molar refractivity (Wildman–Crippen MR) is 62.5 cm³/mol. The number of aliphatic carboxylic acids is 1. The van der Waals surface area contributed by atoms with E-state index in [1.54, 1.807) is 6.92 Å². The van der Waals surface area contributed by atoms with Crippen molar-refractivity contribution in [3.63, 3.8) is 0 Å². The number of carbonyl (C=O) groups is 2. The van der Waals surface area contributed by atoms with Crippen molar-refractivity contribution in [3.05, 3.63) is 0 Å². The van der Waals surface area contributed by atoms with Crippen molar-refractivity contribution in [3.8, 4) is 0 Å². The van der Waals surface area contributed by atoms with Crippen LogP contribution in [0, 0.1) is 17.8 Å². The van der Waals surface area contributed by atoms with E-state index in [-0.39, 0.29) is 23.7 Å². The molecule has 0 radical (unpaired) electrons. The van der Waals surface area contributed by atoms with Gasteiger partial charge in [-0.1, -0.05) is 6.92 Å². The maximum atomic E-state index is 12.1. The molecule has 0 aliphatic carbocycles. The van der Waals surface area contributed by atoms with Gasteiger partial charge in [0.25, 0.3) is 0 Å². The van der Waals surface area contributed by atoms with E-state index in [1.165, 1.54) is 0 Å². The lowest BCUT2D eigenvalue weighted by atomic mass is 9.85. The Morgan fingerprint density at radius 2 is 2.12 bits per heavy atom. The Kier molecular flexibility index (Phi) is 3.66. The van der Waals surface area contributed by atoms with Gasteiger partial charge in [-0.3, -0.25) is 9.59 Å². The molecule has 5 nitrogen and oxygen atoms in total. The Balaban J connectivity index is 1.78. The summed E-state index contributed by atoms with van der Waals surface area (Å²) in [7, 11) is 0. The van der Waals surface area contributed by atoms with Gasteiger partial charge in [-0.15, -0.1) is 0 Å². The number of hydrogen-bond acceptors (Lipinski definition) is 3. The summed E-state index contributed by atoms with van der Waals surface area (Å²) in [6.45, 7) is 4.72. The summed E-state index contributed by atoms with van der Waals surface area (Å²) < 4.78 is 0. The van der Waals surface area contributed by atoms with Crippen molar-refractivity contribution >= 4 is 11.9 Å². The Hall–Kier alpha value is -1.10. The van der Waals surface area contributed by atoms with Crippen LogP contribution in [-0.2, 0) is 9.59 Å². The molecule has 5 heteroatoms. The highest BCUT2D eigenvalue weighted by Crippen LogP contribution is 2.26. The molecule has 1 amide bonds. The summed E-state index contributed by atoms with van der Waals surface area (Å²) >= 11 is 0. The first-order valence-corrected chi connectivity index (χ1v) is 6.32. The highest BCUT2D eigenvalue weighted by atomic mass is 16.4. The summed E-state index contributed by atoms with van der Waals surface area (Å²) in [6, 6.07) is 0. The van der Waals surface area contributed by atoms with Crippen LogP contribution in [0.25, 0.3) is 0 Å². The monoisotopic (exact) mass is 240 g/mol. The SMILES string of the molecule is CC(C(=O)O)C1CN(C(=O)C2CCCNC2)C1. The van der Waals surface area contributed by atoms with Crippen LogP contribution in [0.3, 0.4) is 0 Å². The van der Waals surface area contributed by atoms with Gasteiger partial charge in [-0.05, 0) is 19.4 Å². The minimum atomic E-state index is -0.763. The van der Waals surface area contributed by atoms with E-state index in [4.69, 9.17) is 5.11 Å². The second kappa shape index (κ2) is 5.04. The molecule has 0 aromatic rings. The van der Waals surface area contributed by atoms with Crippen molar-refractivity contribution in [2.24, 2.45) is 17.8 Å². The first kappa shape index (κ1) is 12.4. The fourth-order valence-corrected chi connectivity index (χ4v) is 2.53. The molecule has 2 fully saturated rings. The number of likely N-dealkylation sites (tertiary alicyclic amines) is 1. The lowest BCUT2D eigenvalue weighted by Crippen LogP contribution is -2.56. The van der Waals surface area contributed by atoms with Crippen LogP contribution in [0.15, 0.2) is 0 Å². The molecule has 2 N–H and O–H groups in total. The topological polar surface area (TPSA) is 69.6 Å². The standard InChI is InChI=1S/C12H20N2O3/c1-8(12(16)17)10-6-14(7-10)11(15)9-3-2-4-13-5-9/h8-10,13H,2-7H2,1H3,(H,16,17). The van der Waals surface area contributed by atoms with Gasteiger partial charge in [0.2, 0.25) is 5.91 Å². The van der Waals surface area contributed by atoms with Crippen LogP contribution >= 0.6 is 0 Å². The van der Waals surface area contributed by atoms with Crippen molar-refractivity contribution in [2.75, 3.05) is 26.2 Å². The average Bonchev–Trinajstić information content (AvgIpc) is 2.27. The maximum Gasteiger partial charge on any atom is 0.306 e. The number of carbonyl (C=O) groups excluding carboxylic acids is 1. The van der Waals surface area contributed by atoms with Gasteiger partial charge in [0, 0.05) is 25.6 Å². The third-order valence-electron chi connectivity index (χ3n) is 3.96. The molecule has 0 aromatic carbocycles. The summed E-state index contributed by atoms with van der Waals surface area (Å²) in [5.41, 5.74) is 0. The number of nitrogens with zero attached hydrogens (tertiary/aromatic N) is 1. The molecule has 2 atom stereocenters. The zero-order valence-electron chi connectivity index (χ0n) is 10.2. The molecule has 96 valence electrons. The molecule has 0 aromatic heterocycles. The Bertz CT molecular complexity index is 307. The van der Waals surface area contributed by atoms with Gasteiger partial charge in [0.1, 0.15) is 0 Å². The van der Waals surface area contributed by atoms with Crippen molar-refractivity contribution < 1.29 is 14.7 Å². The third kappa shape index (κ3) is 2.60. The molecule has 0 saturated carbocycles. The second-order valence-corrected chi connectivity index (χ2v) is 5.17. The van der Waals surface area contributed by atoms with Gasteiger partial charge in [0.15, 0.2) is 0 Å². The van der Waals surface area contributed by atoms with Gasteiger partial charge in [-0.25, -0.2) is 0 Å². The number of carboxylic acid groups (broad SMARTS) is 1. The first-order chi connectivity index (χ1) is 8.09. The van der Waals surface area contributed by atoms with Crippen LogP contribution in [0.2, 0.25) is 0 Å². The van der Waals surface area contributed by atoms with Crippen LogP contribution in [-0.4, -0.2) is 48.1 Å². The van der Waals surface area contributed by atoms with E-state index in [2.05, 4.69) is 5.32 Å². The number of hydrogen-bond donors (Lipinski definition) is 2. The molecule has 17 heavy (non-hydrogen) atoms. The number of piperidine rings is 1. The van der Waals surface area contributed by atoms with Gasteiger partial charge >= 0.3 is 5.97 Å². The molecular weight excluding hydrogens is 220 g/mol. The number of amides is 1. The van der Waals surface area contributed by atoms with Crippen molar-refractivity contribution in [1.29, 1.82) is 0 Å². The van der Waals surface area contributed by atoms with Gasteiger partial charge in [0.05, 0.1) is 11.8 Å². The number of nitrogens with one attached hydrogen (secondary N) is 1. The lowest BCUT2D eigenvalue weighted by Gasteiger charge is -2.43. The largest absolute Gasteiger partial charge is 0.481 e. The molecule has 2 rings (SSSR count). The van der Waals surface area contributed by atoms with Crippen LogP contribution in [0.1, 0.15) is 19.8 Å². The lowest BCUT2D eigenvalue weighted by molar-refractivity contribution is -0.152. The molecular formula is C12H20N2O3. The smallest absolute Gasteiger partial charge is 0.306 e. The Morgan fingerprint density at radius 3 is 2.65 bits per heavy atom. The number of carboxylic acids is 1. The third-order valence-corrected chi connectivity index (χ3v) is 3.96. The minimum Gasteiger partial charge on any atom is -0.481 e. The summed E-state index contributed by atoms with van der Waals surface area (Å²) in [4.78, 5) is 24.7. The molecule has 2 aliphatic rings. The average molecular weight is 240 g/mol. The quantitative estimate of drug-likeness (QED) is 0.737. The highest BCUT2D eigenvalue weighted by molar-refractivity contribution is 5.80. The Labute approximate surface area is 101 Å². The van der Waals surface area contributed by atoms with E-state index in [0.29, 0.717) is 13.1 Å². The molecule has 2 saturated heterocycles. The van der Waals surface area contributed by atoms with E-state index < -0.39 is 5.97 Å². The predicted octanol–water partition coefficient (Wildman–Crippen LogP) is 0.165. The molecule has 2 aliphatic heterocycles. The van der Waals surface area contributed by atoms with Crippen molar-refractivity contribution in [2.45, 2.75) is 19.8 Å². The normalized spacial score (nSPS) is 27.4. The van der Waals surface area contributed by atoms with E-state index >= 15 is 0 Å². The Morgan fingerprint density at radius 1 is 1.41 bits per heavy atom.